The number of benzene rings is 2. The first-order chi connectivity index (χ1) is 15.0. The zero-order valence-electron chi connectivity index (χ0n) is 17.6. The smallest absolute Gasteiger partial charge is 0.251 e. The highest BCUT2D eigenvalue weighted by molar-refractivity contribution is 5.95. The number of aliphatic hydroxyl groups is 1. The molecule has 31 heavy (non-hydrogen) atoms. The molecule has 2 N–H and O–H groups in total. The normalized spacial score (nSPS) is 13.1. The Balaban J connectivity index is 1.54. The summed E-state index contributed by atoms with van der Waals surface area (Å²) in [4.78, 5) is 16.9. The molecule has 0 aliphatic rings. The number of carbonyl (C=O) groups excluding carboxylic acids is 1. The molecule has 2 unspecified atom stereocenters. The maximum absolute atomic E-state index is 12.8. The average molecular weight is 415 g/mol. The number of nitrogens with one attached hydrogen (secondary N) is 1. The highest BCUT2D eigenvalue weighted by atomic mass is 16.3. The van der Waals surface area contributed by atoms with Crippen LogP contribution in [0.4, 0.5) is 0 Å². The lowest BCUT2D eigenvalue weighted by atomic mass is 10.0. The van der Waals surface area contributed by atoms with Crippen LogP contribution in [0.25, 0.3) is 22.0 Å². The fraction of sp³-hybridized carbons (Fsp3) is 0.250. The zero-order valence-corrected chi connectivity index (χ0v) is 17.6. The summed E-state index contributed by atoms with van der Waals surface area (Å²) >= 11 is 0. The van der Waals surface area contributed by atoms with Gasteiger partial charge in [0.05, 0.1) is 12.7 Å². The first kappa shape index (κ1) is 20.7. The van der Waals surface area contributed by atoms with Crippen molar-refractivity contribution in [3.8, 4) is 11.3 Å². The molecule has 0 bridgehead atoms. The molecule has 2 aromatic carbocycles. The van der Waals surface area contributed by atoms with Crippen molar-refractivity contribution >= 4 is 16.7 Å². The molecule has 0 saturated carbocycles. The fourth-order valence-corrected chi connectivity index (χ4v) is 3.39. The number of amides is 1. The quantitative estimate of drug-likeness (QED) is 0.483. The van der Waals surface area contributed by atoms with Gasteiger partial charge in [0.2, 0.25) is 0 Å². The summed E-state index contributed by atoms with van der Waals surface area (Å²) in [6.45, 7) is 4.25. The van der Waals surface area contributed by atoms with Gasteiger partial charge in [-0.1, -0.05) is 42.5 Å². The lowest BCUT2D eigenvalue weighted by Gasteiger charge is -2.20. The van der Waals surface area contributed by atoms with E-state index in [0.29, 0.717) is 12.1 Å². The first-order valence-electron chi connectivity index (χ1n) is 10.3. The topological polar surface area (TPSA) is 92.9 Å². The van der Waals surface area contributed by atoms with Gasteiger partial charge in [0, 0.05) is 41.6 Å². The van der Waals surface area contributed by atoms with Crippen LogP contribution in [0.1, 0.15) is 29.8 Å². The van der Waals surface area contributed by atoms with E-state index in [2.05, 4.69) is 26.7 Å². The summed E-state index contributed by atoms with van der Waals surface area (Å²) in [6.07, 6.45) is 5.49. The second kappa shape index (κ2) is 9.06. The fourth-order valence-electron chi connectivity index (χ4n) is 3.39. The number of aliphatic hydroxyl groups excluding tert-OH is 1. The molecule has 2 aromatic heterocycles. The molecule has 0 spiro atoms. The average Bonchev–Trinajstić information content (AvgIpc) is 3.27. The minimum absolute atomic E-state index is 0.0216. The van der Waals surface area contributed by atoms with Gasteiger partial charge in [0.25, 0.3) is 5.91 Å². The monoisotopic (exact) mass is 415 g/mol. The third kappa shape index (κ3) is 4.62. The van der Waals surface area contributed by atoms with Crippen LogP contribution in [0.15, 0.2) is 67.1 Å². The maximum atomic E-state index is 12.8. The largest absolute Gasteiger partial charge is 0.396 e. The molecule has 0 saturated heterocycles. The molecular weight excluding hydrogens is 390 g/mol. The zero-order chi connectivity index (χ0) is 21.8. The third-order valence-corrected chi connectivity index (χ3v) is 5.57. The highest BCUT2D eigenvalue weighted by Gasteiger charge is 2.17. The molecule has 1 amide bonds. The summed E-state index contributed by atoms with van der Waals surface area (Å²) in [5.74, 6) is -0.182. The molecule has 4 aromatic rings. The van der Waals surface area contributed by atoms with Gasteiger partial charge in [-0.15, -0.1) is 5.10 Å². The maximum Gasteiger partial charge on any atom is 0.251 e. The standard InChI is InChI=1S/C24H25N5O2/c1-16(15-30)17(2)26-24(31)22-6-4-3-5-21(22)13-29-14-23(27-28-29)19-7-8-20-12-25-10-9-18(20)11-19/h3-12,14,16-17,30H,13,15H2,1-2H3,(H,26,31). The van der Waals surface area contributed by atoms with Crippen molar-refractivity contribution in [2.24, 2.45) is 5.92 Å². The van der Waals surface area contributed by atoms with E-state index in [1.54, 1.807) is 16.9 Å². The van der Waals surface area contributed by atoms with Crippen LogP contribution < -0.4 is 5.32 Å². The van der Waals surface area contributed by atoms with Gasteiger partial charge in [-0.25, -0.2) is 4.68 Å². The predicted molar refractivity (Wildman–Crippen MR) is 119 cm³/mol. The van der Waals surface area contributed by atoms with Crippen molar-refractivity contribution in [2.75, 3.05) is 6.61 Å². The Kier molecular flexibility index (Phi) is 6.04. The van der Waals surface area contributed by atoms with Crippen LogP contribution in [0.5, 0.6) is 0 Å². The number of nitrogens with zero attached hydrogens (tertiary/aromatic N) is 4. The van der Waals surface area contributed by atoms with E-state index in [1.165, 1.54) is 0 Å². The molecule has 158 valence electrons. The van der Waals surface area contributed by atoms with E-state index in [4.69, 9.17) is 0 Å². The molecule has 7 nitrogen and oxygen atoms in total. The van der Waals surface area contributed by atoms with Crippen molar-refractivity contribution in [2.45, 2.75) is 26.4 Å². The summed E-state index contributed by atoms with van der Waals surface area (Å²) < 4.78 is 1.73. The number of carbonyl (C=O) groups is 1. The Labute approximate surface area is 180 Å². The molecule has 0 radical (unpaired) electrons. The summed E-state index contributed by atoms with van der Waals surface area (Å²) in [7, 11) is 0. The Morgan fingerprint density at radius 2 is 1.97 bits per heavy atom. The van der Waals surface area contributed by atoms with Gasteiger partial charge in [-0.05, 0) is 42.0 Å². The molecule has 7 heteroatoms. The van der Waals surface area contributed by atoms with Crippen molar-refractivity contribution in [1.29, 1.82) is 0 Å². The van der Waals surface area contributed by atoms with Gasteiger partial charge >= 0.3 is 0 Å². The van der Waals surface area contributed by atoms with Crippen molar-refractivity contribution < 1.29 is 9.90 Å². The van der Waals surface area contributed by atoms with Crippen LogP contribution in [-0.4, -0.2) is 43.6 Å². The number of fused-ring (bicyclic) bond motifs is 1. The Bertz CT molecular complexity index is 1200. The highest BCUT2D eigenvalue weighted by Crippen LogP contribution is 2.22. The third-order valence-electron chi connectivity index (χ3n) is 5.57. The molecular formula is C24H25N5O2. The van der Waals surface area contributed by atoms with E-state index in [9.17, 15) is 9.90 Å². The molecule has 2 atom stereocenters. The summed E-state index contributed by atoms with van der Waals surface area (Å²) in [6, 6.07) is 15.4. The Morgan fingerprint density at radius 1 is 1.13 bits per heavy atom. The van der Waals surface area contributed by atoms with Crippen molar-refractivity contribution in [3.63, 3.8) is 0 Å². The van der Waals surface area contributed by atoms with E-state index >= 15 is 0 Å². The molecule has 0 aliphatic carbocycles. The molecule has 2 heterocycles. The number of hydrogen-bond donors (Lipinski definition) is 2. The van der Waals surface area contributed by atoms with E-state index in [1.807, 2.05) is 62.6 Å². The van der Waals surface area contributed by atoms with Crippen LogP contribution >= 0.6 is 0 Å². The number of aromatic nitrogens is 4. The first-order valence-corrected chi connectivity index (χ1v) is 10.3. The summed E-state index contributed by atoms with van der Waals surface area (Å²) in [5.41, 5.74) is 3.19. The van der Waals surface area contributed by atoms with E-state index < -0.39 is 0 Å². The van der Waals surface area contributed by atoms with Crippen LogP contribution in [-0.2, 0) is 6.54 Å². The van der Waals surface area contributed by atoms with Crippen LogP contribution in [0.2, 0.25) is 0 Å². The number of hydrogen-bond acceptors (Lipinski definition) is 5. The number of rotatable bonds is 7. The minimum Gasteiger partial charge on any atom is -0.396 e. The second-order valence-electron chi connectivity index (χ2n) is 7.82. The van der Waals surface area contributed by atoms with E-state index in [-0.39, 0.29) is 24.5 Å². The van der Waals surface area contributed by atoms with Gasteiger partial charge in [0.1, 0.15) is 5.69 Å². The second-order valence-corrected chi connectivity index (χ2v) is 7.82. The molecule has 4 rings (SSSR count). The van der Waals surface area contributed by atoms with Crippen molar-refractivity contribution in [1.82, 2.24) is 25.3 Å². The molecule has 0 fully saturated rings. The minimum atomic E-state index is -0.160. The van der Waals surface area contributed by atoms with Gasteiger partial charge in [-0.2, -0.15) is 0 Å². The van der Waals surface area contributed by atoms with Gasteiger partial charge in [0.15, 0.2) is 0 Å². The van der Waals surface area contributed by atoms with Crippen LogP contribution in [0.3, 0.4) is 0 Å². The Hall–Kier alpha value is -3.58. The van der Waals surface area contributed by atoms with Crippen LogP contribution in [0, 0.1) is 5.92 Å². The lowest BCUT2D eigenvalue weighted by Crippen LogP contribution is -2.38. The van der Waals surface area contributed by atoms with E-state index in [0.717, 1.165) is 27.6 Å². The summed E-state index contributed by atoms with van der Waals surface area (Å²) in [5, 5.41) is 23.0. The van der Waals surface area contributed by atoms with Crippen molar-refractivity contribution in [3.05, 3.63) is 78.2 Å². The lowest BCUT2D eigenvalue weighted by molar-refractivity contribution is 0.0915. The van der Waals surface area contributed by atoms with Gasteiger partial charge < -0.3 is 10.4 Å². The number of pyridine rings is 1. The Morgan fingerprint density at radius 3 is 2.81 bits per heavy atom. The van der Waals surface area contributed by atoms with Gasteiger partial charge in [-0.3, -0.25) is 9.78 Å². The molecule has 0 aliphatic heterocycles. The SMILES string of the molecule is CC(CO)C(C)NC(=O)c1ccccc1Cn1cc(-c2ccc3cnccc3c2)nn1. The predicted octanol–water partition coefficient (Wildman–Crippen LogP) is 3.29.